The van der Waals surface area contributed by atoms with Gasteiger partial charge < -0.3 is 4.57 Å². The lowest BCUT2D eigenvalue weighted by Gasteiger charge is -2.12. The second-order valence-electron chi connectivity index (χ2n) is 5.50. The van der Waals surface area contributed by atoms with Crippen LogP contribution in [0.15, 0.2) is 10.4 Å². The van der Waals surface area contributed by atoms with E-state index in [9.17, 15) is 0 Å². The van der Waals surface area contributed by atoms with Crippen molar-refractivity contribution in [3.63, 3.8) is 0 Å². The third-order valence-electron chi connectivity index (χ3n) is 2.56. The van der Waals surface area contributed by atoms with E-state index in [2.05, 4.69) is 37.6 Å². The molecule has 2 rings (SSSR count). The topological polar surface area (TPSA) is 17.3 Å². The molecule has 1 saturated carbocycles. The maximum Gasteiger partial charge on any atom is 0.185 e. The van der Waals surface area contributed by atoms with E-state index in [0.29, 0.717) is 0 Å². The van der Waals surface area contributed by atoms with E-state index >= 15 is 0 Å². The molecule has 0 unspecified atom stereocenters. The smallest absolute Gasteiger partial charge is 0.185 e. The lowest BCUT2D eigenvalue weighted by molar-refractivity contribution is 0.533. The number of hydrogen-bond acceptors (Lipinski definition) is 2. The van der Waals surface area contributed by atoms with Crippen molar-refractivity contribution in [1.29, 1.82) is 0 Å². The van der Waals surface area contributed by atoms with Crippen molar-refractivity contribution < 1.29 is 0 Å². The van der Waals surface area contributed by atoms with Gasteiger partial charge in [-0.2, -0.15) is 0 Å². The van der Waals surface area contributed by atoms with Crippen LogP contribution in [0.2, 0.25) is 0 Å². The van der Waals surface area contributed by atoms with Crippen molar-refractivity contribution in [3.05, 3.63) is 15.9 Å². The molecule has 1 fully saturated rings. The first-order valence-electron chi connectivity index (χ1n) is 5.66. The zero-order valence-electron chi connectivity index (χ0n) is 10.1. The lowest BCUT2D eigenvalue weighted by atomic mass is 10.1. The average molecular weight is 224 g/mol. The first-order valence-corrected chi connectivity index (χ1v) is 6.54. The number of nitrogens with zero attached hydrogens (tertiary/aromatic N) is 2. The van der Waals surface area contributed by atoms with Crippen molar-refractivity contribution in [2.75, 3.05) is 0 Å². The third kappa shape index (κ3) is 2.94. The zero-order valence-corrected chi connectivity index (χ0v) is 10.9. The fourth-order valence-electron chi connectivity index (χ4n) is 1.57. The van der Waals surface area contributed by atoms with E-state index in [1.807, 2.05) is 0 Å². The van der Waals surface area contributed by atoms with Crippen LogP contribution in [-0.2, 0) is 6.54 Å². The van der Waals surface area contributed by atoms with Gasteiger partial charge in [-0.25, -0.2) is 0 Å². The minimum absolute atomic E-state index is 0.0304. The van der Waals surface area contributed by atoms with Crippen molar-refractivity contribution in [2.24, 2.45) is 10.9 Å². The molecule has 3 heteroatoms. The fraction of sp³-hybridized carbons (Fsp3) is 0.750. The predicted octanol–water partition coefficient (Wildman–Crippen LogP) is 2.97. The van der Waals surface area contributed by atoms with E-state index < -0.39 is 0 Å². The van der Waals surface area contributed by atoms with Gasteiger partial charge in [0.2, 0.25) is 0 Å². The Hall–Kier alpha value is -0.570. The summed E-state index contributed by atoms with van der Waals surface area (Å²) in [6.45, 7) is 9.82. The molecule has 1 heterocycles. The van der Waals surface area contributed by atoms with Crippen LogP contribution >= 0.6 is 11.3 Å². The zero-order chi connectivity index (χ0) is 11.1. The molecule has 1 aromatic heterocycles. The van der Waals surface area contributed by atoms with Crippen LogP contribution in [0, 0.1) is 12.8 Å². The Morgan fingerprint density at radius 2 is 2.13 bits per heavy atom. The van der Waals surface area contributed by atoms with Crippen LogP contribution < -0.4 is 4.80 Å². The fourth-order valence-corrected chi connectivity index (χ4v) is 2.65. The van der Waals surface area contributed by atoms with Gasteiger partial charge >= 0.3 is 0 Å². The second kappa shape index (κ2) is 3.78. The summed E-state index contributed by atoms with van der Waals surface area (Å²) in [5.41, 5.74) is 1.39. The molecular formula is C12H20N2S. The van der Waals surface area contributed by atoms with E-state index in [-0.39, 0.29) is 5.54 Å². The van der Waals surface area contributed by atoms with E-state index in [1.165, 1.54) is 29.9 Å². The maximum absolute atomic E-state index is 4.77. The van der Waals surface area contributed by atoms with Gasteiger partial charge in [0, 0.05) is 17.6 Å². The van der Waals surface area contributed by atoms with Crippen molar-refractivity contribution >= 4 is 11.3 Å². The monoisotopic (exact) mass is 224 g/mol. The summed E-state index contributed by atoms with van der Waals surface area (Å²) in [5, 5.41) is 2.22. The molecule has 84 valence electrons. The number of thiazole rings is 1. The van der Waals surface area contributed by atoms with Gasteiger partial charge in [-0.05, 0) is 46.5 Å². The lowest BCUT2D eigenvalue weighted by Crippen LogP contribution is -2.23. The summed E-state index contributed by atoms with van der Waals surface area (Å²) in [6, 6.07) is 0. The normalized spacial score (nSPS) is 18.5. The molecule has 0 aliphatic heterocycles. The summed E-state index contributed by atoms with van der Waals surface area (Å²) in [6.07, 6.45) is 2.80. The van der Waals surface area contributed by atoms with Crippen LogP contribution in [0.3, 0.4) is 0 Å². The standard InChI is InChI=1S/C12H20N2S/c1-9-8-15-11(13-12(2,3)4)14(9)7-10-5-6-10/h8,10H,5-7H2,1-4H3. The Kier molecular flexibility index (Phi) is 2.75. The highest BCUT2D eigenvalue weighted by atomic mass is 32.1. The predicted molar refractivity (Wildman–Crippen MR) is 65.1 cm³/mol. The van der Waals surface area contributed by atoms with Crippen molar-refractivity contribution in [3.8, 4) is 0 Å². The molecule has 0 amide bonds. The van der Waals surface area contributed by atoms with Crippen LogP contribution in [0.25, 0.3) is 0 Å². The Labute approximate surface area is 95.7 Å². The van der Waals surface area contributed by atoms with Crippen molar-refractivity contribution in [1.82, 2.24) is 4.57 Å². The van der Waals surface area contributed by atoms with Gasteiger partial charge in [0.1, 0.15) is 0 Å². The van der Waals surface area contributed by atoms with Gasteiger partial charge in [-0.3, -0.25) is 4.99 Å². The molecule has 0 N–H and O–H groups in total. The second-order valence-corrected chi connectivity index (χ2v) is 6.33. The molecule has 0 saturated heterocycles. The summed E-state index contributed by atoms with van der Waals surface area (Å²) in [4.78, 5) is 5.96. The third-order valence-corrected chi connectivity index (χ3v) is 3.54. The van der Waals surface area contributed by atoms with Gasteiger partial charge in [0.15, 0.2) is 4.80 Å². The summed E-state index contributed by atoms with van der Waals surface area (Å²) in [7, 11) is 0. The van der Waals surface area contributed by atoms with Crippen LogP contribution in [-0.4, -0.2) is 10.1 Å². The number of aryl methyl sites for hydroxylation is 1. The van der Waals surface area contributed by atoms with E-state index in [1.54, 1.807) is 11.3 Å². The first kappa shape index (κ1) is 10.9. The average Bonchev–Trinajstić information content (AvgIpc) is 2.84. The van der Waals surface area contributed by atoms with Crippen LogP contribution in [0.1, 0.15) is 39.3 Å². The summed E-state index contributed by atoms with van der Waals surface area (Å²) in [5.74, 6) is 0.914. The summed E-state index contributed by atoms with van der Waals surface area (Å²) >= 11 is 1.77. The molecule has 0 spiro atoms. The number of aromatic nitrogens is 1. The van der Waals surface area contributed by atoms with Gasteiger partial charge in [0.05, 0.1) is 5.54 Å². The quantitative estimate of drug-likeness (QED) is 0.735. The van der Waals surface area contributed by atoms with Gasteiger partial charge in [0.25, 0.3) is 0 Å². The highest BCUT2D eigenvalue weighted by Crippen LogP contribution is 2.30. The largest absolute Gasteiger partial charge is 0.321 e. The highest BCUT2D eigenvalue weighted by molar-refractivity contribution is 7.07. The molecule has 1 aromatic rings. The number of hydrogen-bond donors (Lipinski definition) is 0. The Morgan fingerprint density at radius 1 is 1.47 bits per heavy atom. The highest BCUT2D eigenvalue weighted by Gasteiger charge is 2.23. The molecule has 0 bridgehead atoms. The Morgan fingerprint density at radius 3 is 2.67 bits per heavy atom. The van der Waals surface area contributed by atoms with Gasteiger partial charge in [-0.15, -0.1) is 11.3 Å². The molecule has 1 aliphatic rings. The molecule has 1 aliphatic carbocycles. The molecule has 0 radical (unpaired) electrons. The number of rotatable bonds is 2. The summed E-state index contributed by atoms with van der Waals surface area (Å²) < 4.78 is 2.38. The molecule has 0 atom stereocenters. The van der Waals surface area contributed by atoms with Crippen molar-refractivity contribution in [2.45, 2.75) is 52.6 Å². The molecular weight excluding hydrogens is 204 g/mol. The Bertz CT molecular complexity index is 402. The minimum atomic E-state index is 0.0304. The maximum atomic E-state index is 4.77. The van der Waals surface area contributed by atoms with Crippen LogP contribution in [0.5, 0.6) is 0 Å². The minimum Gasteiger partial charge on any atom is -0.321 e. The molecule has 15 heavy (non-hydrogen) atoms. The first-order chi connectivity index (χ1) is 6.96. The van der Waals surface area contributed by atoms with Crippen LogP contribution in [0.4, 0.5) is 0 Å². The van der Waals surface area contributed by atoms with E-state index in [4.69, 9.17) is 4.99 Å². The molecule has 0 aromatic carbocycles. The SMILES string of the molecule is Cc1csc(=NC(C)(C)C)n1CC1CC1. The van der Waals surface area contributed by atoms with Gasteiger partial charge in [-0.1, -0.05) is 0 Å². The Balaban J connectivity index is 2.33. The molecule has 2 nitrogen and oxygen atoms in total. The van der Waals surface area contributed by atoms with E-state index in [0.717, 1.165) is 5.92 Å².